The van der Waals surface area contributed by atoms with Crippen molar-refractivity contribution in [2.75, 3.05) is 17.2 Å². The van der Waals surface area contributed by atoms with Crippen molar-refractivity contribution >= 4 is 11.4 Å². The van der Waals surface area contributed by atoms with E-state index in [1.54, 1.807) is 0 Å². The number of fused-ring (bicyclic) bond motifs is 1. The molecule has 0 amide bonds. The van der Waals surface area contributed by atoms with Crippen molar-refractivity contribution in [1.29, 1.82) is 0 Å². The maximum Gasteiger partial charge on any atom is 0.151 e. The van der Waals surface area contributed by atoms with E-state index >= 15 is 0 Å². The molecule has 2 rings (SSSR count). The van der Waals surface area contributed by atoms with Crippen molar-refractivity contribution < 1.29 is 8.78 Å². The van der Waals surface area contributed by atoms with Gasteiger partial charge in [-0.05, 0) is 12.0 Å². The first-order valence-corrected chi connectivity index (χ1v) is 5.07. The summed E-state index contributed by atoms with van der Waals surface area (Å²) in [5, 5.41) is 6.12. The van der Waals surface area contributed by atoms with Crippen LogP contribution in [0.3, 0.4) is 0 Å². The van der Waals surface area contributed by atoms with Crippen LogP contribution in [0.4, 0.5) is 20.2 Å². The third-order valence-corrected chi connectivity index (χ3v) is 2.70. The van der Waals surface area contributed by atoms with E-state index in [1.165, 1.54) is 6.07 Å². The third-order valence-electron chi connectivity index (χ3n) is 2.70. The van der Waals surface area contributed by atoms with E-state index in [9.17, 15) is 8.78 Å². The number of benzene rings is 1. The van der Waals surface area contributed by atoms with Gasteiger partial charge in [0, 0.05) is 18.7 Å². The van der Waals surface area contributed by atoms with Crippen LogP contribution in [0.2, 0.25) is 0 Å². The van der Waals surface area contributed by atoms with Crippen LogP contribution in [0.5, 0.6) is 0 Å². The van der Waals surface area contributed by atoms with Gasteiger partial charge in [0.1, 0.15) is 5.82 Å². The average molecular weight is 212 g/mol. The van der Waals surface area contributed by atoms with Crippen molar-refractivity contribution in [3.05, 3.63) is 23.8 Å². The maximum absolute atomic E-state index is 13.3. The summed E-state index contributed by atoms with van der Waals surface area (Å²) in [6, 6.07) is 2.42. The smallest absolute Gasteiger partial charge is 0.151 e. The van der Waals surface area contributed by atoms with Crippen molar-refractivity contribution in [3.63, 3.8) is 0 Å². The second kappa shape index (κ2) is 3.68. The molecule has 15 heavy (non-hydrogen) atoms. The van der Waals surface area contributed by atoms with Gasteiger partial charge in [-0.15, -0.1) is 0 Å². The molecular formula is C11H14F2N2. The molecular weight excluding hydrogens is 198 g/mol. The van der Waals surface area contributed by atoms with Crippen LogP contribution in [0.15, 0.2) is 12.1 Å². The Morgan fingerprint density at radius 1 is 1.33 bits per heavy atom. The molecule has 0 saturated carbocycles. The number of hydrogen-bond acceptors (Lipinski definition) is 2. The highest BCUT2D eigenvalue weighted by Crippen LogP contribution is 2.31. The maximum atomic E-state index is 13.3. The second-order valence-electron chi connectivity index (χ2n) is 4.19. The Morgan fingerprint density at radius 3 is 2.73 bits per heavy atom. The van der Waals surface area contributed by atoms with Gasteiger partial charge in [0.2, 0.25) is 0 Å². The number of halogens is 2. The fourth-order valence-electron chi connectivity index (χ4n) is 1.73. The first-order chi connectivity index (χ1) is 7.08. The molecule has 1 aliphatic rings. The molecule has 1 aromatic carbocycles. The summed E-state index contributed by atoms with van der Waals surface area (Å²) in [5.41, 5.74) is 0.880. The van der Waals surface area contributed by atoms with Gasteiger partial charge in [0.25, 0.3) is 0 Å². The number of rotatable bonds is 1. The fraction of sp³-hybridized carbons (Fsp3) is 0.455. The largest absolute Gasteiger partial charge is 0.379 e. The molecule has 0 spiro atoms. The average Bonchev–Trinajstić information content (AvgIpc) is 2.16. The topological polar surface area (TPSA) is 24.1 Å². The Labute approximate surface area is 87.7 Å². The van der Waals surface area contributed by atoms with Crippen LogP contribution in [-0.2, 0) is 0 Å². The summed E-state index contributed by atoms with van der Waals surface area (Å²) < 4.78 is 26.3. The van der Waals surface area contributed by atoms with E-state index in [4.69, 9.17) is 0 Å². The van der Waals surface area contributed by atoms with Crippen LogP contribution < -0.4 is 10.6 Å². The van der Waals surface area contributed by atoms with E-state index in [0.29, 0.717) is 23.8 Å². The lowest BCUT2D eigenvalue weighted by Gasteiger charge is -2.31. The lowest BCUT2D eigenvalue weighted by molar-refractivity contribution is 0.528. The molecule has 1 aliphatic heterocycles. The molecule has 0 bridgehead atoms. The Morgan fingerprint density at radius 2 is 2.07 bits per heavy atom. The minimum Gasteiger partial charge on any atom is -0.379 e. The minimum absolute atomic E-state index is 0.207. The highest BCUT2D eigenvalue weighted by Gasteiger charge is 2.22. The zero-order chi connectivity index (χ0) is 11.0. The van der Waals surface area contributed by atoms with Crippen molar-refractivity contribution in [1.82, 2.24) is 0 Å². The predicted molar refractivity (Wildman–Crippen MR) is 57.1 cm³/mol. The van der Waals surface area contributed by atoms with Gasteiger partial charge >= 0.3 is 0 Å². The van der Waals surface area contributed by atoms with Crippen molar-refractivity contribution in [3.8, 4) is 0 Å². The molecule has 1 atom stereocenters. The normalized spacial score (nSPS) is 19.4. The zero-order valence-corrected chi connectivity index (χ0v) is 8.77. The van der Waals surface area contributed by atoms with Crippen molar-refractivity contribution in [2.45, 2.75) is 19.9 Å². The molecule has 1 aromatic rings. The molecule has 0 fully saturated rings. The molecule has 0 saturated heterocycles. The quantitative estimate of drug-likeness (QED) is 0.748. The molecule has 1 unspecified atom stereocenters. The van der Waals surface area contributed by atoms with Gasteiger partial charge < -0.3 is 10.6 Å². The summed E-state index contributed by atoms with van der Waals surface area (Å²) in [7, 11) is 0. The van der Waals surface area contributed by atoms with Crippen LogP contribution in [0, 0.1) is 17.6 Å². The Kier molecular flexibility index (Phi) is 2.50. The number of nitrogens with one attached hydrogen (secondary N) is 2. The molecule has 4 heteroatoms. The highest BCUT2D eigenvalue weighted by molar-refractivity contribution is 5.72. The van der Waals surface area contributed by atoms with E-state index < -0.39 is 11.6 Å². The van der Waals surface area contributed by atoms with Gasteiger partial charge in [-0.2, -0.15) is 0 Å². The lowest BCUT2D eigenvalue weighted by Crippen LogP contribution is -2.37. The van der Waals surface area contributed by atoms with Gasteiger partial charge in [-0.3, -0.25) is 0 Å². The van der Waals surface area contributed by atoms with Gasteiger partial charge in [0.15, 0.2) is 5.82 Å². The van der Waals surface area contributed by atoms with E-state index in [0.717, 1.165) is 6.07 Å². The van der Waals surface area contributed by atoms with E-state index in [1.807, 2.05) is 0 Å². The first-order valence-electron chi connectivity index (χ1n) is 5.07. The highest BCUT2D eigenvalue weighted by atomic mass is 19.1. The fourth-order valence-corrected chi connectivity index (χ4v) is 1.73. The zero-order valence-electron chi connectivity index (χ0n) is 8.77. The van der Waals surface area contributed by atoms with Crippen LogP contribution in [0.25, 0.3) is 0 Å². The standard InChI is InChI=1S/C11H14F2N2/c1-6(2)10-5-14-11-8(13)3-7(12)4-9(11)15-10/h3-4,6,10,14-15H,5H2,1-2H3. The Balaban J connectivity index is 2.33. The summed E-state index contributed by atoms with van der Waals surface area (Å²) >= 11 is 0. The molecule has 2 N–H and O–H groups in total. The summed E-state index contributed by atoms with van der Waals surface area (Å²) in [4.78, 5) is 0. The van der Waals surface area contributed by atoms with Crippen LogP contribution in [0.1, 0.15) is 13.8 Å². The monoisotopic (exact) mass is 212 g/mol. The lowest BCUT2D eigenvalue weighted by atomic mass is 10.0. The van der Waals surface area contributed by atoms with E-state index in [-0.39, 0.29) is 6.04 Å². The molecule has 0 radical (unpaired) electrons. The Bertz CT molecular complexity index is 377. The van der Waals surface area contributed by atoms with Gasteiger partial charge in [-0.25, -0.2) is 8.78 Å². The summed E-state index contributed by atoms with van der Waals surface area (Å²) in [5.74, 6) is -0.679. The van der Waals surface area contributed by atoms with Gasteiger partial charge in [-0.1, -0.05) is 13.8 Å². The van der Waals surface area contributed by atoms with Crippen LogP contribution in [-0.4, -0.2) is 12.6 Å². The second-order valence-corrected chi connectivity index (χ2v) is 4.19. The van der Waals surface area contributed by atoms with Crippen LogP contribution >= 0.6 is 0 Å². The van der Waals surface area contributed by atoms with Gasteiger partial charge in [0.05, 0.1) is 11.4 Å². The first kappa shape index (κ1) is 10.2. The Hall–Kier alpha value is -1.32. The molecule has 82 valence electrons. The predicted octanol–water partition coefficient (Wildman–Crippen LogP) is 2.83. The van der Waals surface area contributed by atoms with Crippen molar-refractivity contribution in [2.24, 2.45) is 5.92 Å². The van der Waals surface area contributed by atoms with E-state index in [2.05, 4.69) is 24.5 Å². The molecule has 0 aliphatic carbocycles. The minimum atomic E-state index is -0.551. The molecule has 1 heterocycles. The summed E-state index contributed by atoms with van der Waals surface area (Å²) in [6.07, 6.45) is 0. The SMILES string of the molecule is CC(C)C1CNc2c(F)cc(F)cc2N1. The summed E-state index contributed by atoms with van der Waals surface area (Å²) in [6.45, 7) is 4.80. The molecule has 2 nitrogen and oxygen atoms in total. The molecule has 0 aromatic heterocycles. The number of hydrogen-bond donors (Lipinski definition) is 2. The number of anilines is 2. The third kappa shape index (κ3) is 1.89.